The molecule has 1 fully saturated rings. The van der Waals surface area contributed by atoms with E-state index in [2.05, 4.69) is 5.32 Å². The van der Waals surface area contributed by atoms with Crippen molar-refractivity contribution in [2.24, 2.45) is 0 Å². The van der Waals surface area contributed by atoms with Crippen molar-refractivity contribution < 1.29 is 23.9 Å². The van der Waals surface area contributed by atoms with Gasteiger partial charge in [0, 0.05) is 19.5 Å². The van der Waals surface area contributed by atoms with E-state index in [0.29, 0.717) is 25.9 Å². The van der Waals surface area contributed by atoms with Crippen LogP contribution in [0, 0.1) is 0 Å². The van der Waals surface area contributed by atoms with Crippen LogP contribution in [0.25, 0.3) is 0 Å². The molecule has 1 aliphatic rings. The second-order valence-electron chi connectivity index (χ2n) is 8.25. The van der Waals surface area contributed by atoms with Crippen LogP contribution >= 0.6 is 0 Å². The third-order valence-corrected chi connectivity index (χ3v) is 4.56. The van der Waals surface area contributed by atoms with Gasteiger partial charge in [-0.2, -0.15) is 0 Å². The molecule has 0 saturated carbocycles. The van der Waals surface area contributed by atoms with Gasteiger partial charge in [-0.3, -0.25) is 9.59 Å². The monoisotopic (exact) mass is 404 g/mol. The Kier molecular flexibility index (Phi) is 8.05. The molecule has 0 spiro atoms. The Hall–Kier alpha value is -2.57. The summed E-state index contributed by atoms with van der Waals surface area (Å²) in [6.07, 6.45) is 0.583. The summed E-state index contributed by atoms with van der Waals surface area (Å²) in [5, 5.41) is 2.84. The molecule has 0 aromatic heterocycles. The number of nitrogens with one attached hydrogen (secondary N) is 1. The maximum absolute atomic E-state index is 12.9. The number of benzene rings is 1. The normalized spacial score (nSPS) is 17.5. The number of hydrogen-bond donors (Lipinski definition) is 1. The minimum Gasteiger partial charge on any atom is -0.450 e. The highest BCUT2D eigenvalue weighted by molar-refractivity contribution is 5.85. The summed E-state index contributed by atoms with van der Waals surface area (Å²) in [7, 11) is 0. The van der Waals surface area contributed by atoms with E-state index in [4.69, 9.17) is 9.47 Å². The van der Waals surface area contributed by atoms with Crippen molar-refractivity contribution in [1.82, 2.24) is 10.2 Å². The summed E-state index contributed by atoms with van der Waals surface area (Å²) in [5.74, 6) is -0.845. The second kappa shape index (κ2) is 10.3. The lowest BCUT2D eigenvalue weighted by Gasteiger charge is -2.32. The molecule has 0 bridgehead atoms. The predicted octanol–water partition coefficient (Wildman–Crippen LogP) is 3.41. The Morgan fingerprint density at radius 2 is 1.90 bits per heavy atom. The van der Waals surface area contributed by atoms with E-state index in [-0.39, 0.29) is 6.42 Å². The molecule has 160 valence electrons. The van der Waals surface area contributed by atoms with Crippen LogP contribution in [-0.2, 0) is 25.6 Å². The Labute approximate surface area is 172 Å². The Morgan fingerprint density at radius 3 is 2.52 bits per heavy atom. The summed E-state index contributed by atoms with van der Waals surface area (Å²) in [4.78, 5) is 39.2. The summed E-state index contributed by atoms with van der Waals surface area (Å²) in [6, 6.07) is 8.95. The lowest BCUT2D eigenvalue weighted by Crippen LogP contribution is -2.52. The largest absolute Gasteiger partial charge is 0.450 e. The number of esters is 1. The molecule has 2 rings (SSSR count). The van der Waals surface area contributed by atoms with Gasteiger partial charge in [0.2, 0.25) is 0 Å². The van der Waals surface area contributed by atoms with Gasteiger partial charge in [0.1, 0.15) is 5.60 Å². The van der Waals surface area contributed by atoms with Crippen molar-refractivity contribution in [3.8, 4) is 0 Å². The van der Waals surface area contributed by atoms with Gasteiger partial charge in [-0.1, -0.05) is 37.3 Å². The van der Waals surface area contributed by atoms with Gasteiger partial charge in [-0.05, 0) is 45.6 Å². The average Bonchev–Trinajstić information content (AvgIpc) is 3.13. The topological polar surface area (TPSA) is 84.9 Å². The molecule has 1 aromatic rings. The van der Waals surface area contributed by atoms with E-state index >= 15 is 0 Å². The molecule has 1 N–H and O–H groups in total. The Bertz CT molecular complexity index is 699. The molecule has 1 heterocycles. The minimum absolute atomic E-state index is 0.224. The molecule has 2 atom stereocenters. The van der Waals surface area contributed by atoms with E-state index < -0.39 is 35.7 Å². The zero-order valence-electron chi connectivity index (χ0n) is 17.8. The smallest absolute Gasteiger partial charge is 0.410 e. The van der Waals surface area contributed by atoms with Crippen LogP contribution in [-0.4, -0.2) is 47.2 Å². The number of ether oxygens (including phenoxy) is 2. The van der Waals surface area contributed by atoms with E-state index in [9.17, 15) is 14.4 Å². The van der Waals surface area contributed by atoms with Crippen molar-refractivity contribution in [2.75, 3.05) is 6.54 Å². The molecule has 7 nitrogen and oxygen atoms in total. The fraction of sp³-hybridized carbons (Fsp3) is 0.591. The van der Waals surface area contributed by atoms with Gasteiger partial charge in [-0.25, -0.2) is 4.79 Å². The van der Waals surface area contributed by atoms with E-state index in [0.717, 1.165) is 12.0 Å². The van der Waals surface area contributed by atoms with Crippen LogP contribution in [0.4, 0.5) is 4.79 Å². The number of nitrogens with zero attached hydrogens (tertiary/aromatic N) is 1. The lowest BCUT2D eigenvalue weighted by atomic mass is 10.1. The first kappa shape index (κ1) is 22.7. The third kappa shape index (κ3) is 7.07. The summed E-state index contributed by atoms with van der Waals surface area (Å²) >= 11 is 0. The maximum atomic E-state index is 12.9. The zero-order chi connectivity index (χ0) is 21.4. The van der Waals surface area contributed by atoms with E-state index in [1.807, 2.05) is 37.3 Å². The molecule has 1 aliphatic heterocycles. The number of likely N-dealkylation sites (tertiary alicyclic amines) is 1. The first-order valence-electron chi connectivity index (χ1n) is 10.2. The molecule has 29 heavy (non-hydrogen) atoms. The van der Waals surface area contributed by atoms with Gasteiger partial charge in [0.05, 0.1) is 6.04 Å². The van der Waals surface area contributed by atoms with Gasteiger partial charge < -0.3 is 19.7 Å². The highest BCUT2D eigenvalue weighted by atomic mass is 16.6. The van der Waals surface area contributed by atoms with Gasteiger partial charge in [0.25, 0.3) is 5.91 Å². The van der Waals surface area contributed by atoms with Crippen molar-refractivity contribution in [1.29, 1.82) is 0 Å². The summed E-state index contributed by atoms with van der Waals surface area (Å²) < 4.78 is 11.0. The SMILES string of the molecule is CCCC(=O)OC(C(=O)NCc1ccccc1)[C@@H]1CCCN1C(=O)OC(C)(C)C. The lowest BCUT2D eigenvalue weighted by molar-refractivity contribution is -0.159. The highest BCUT2D eigenvalue weighted by Crippen LogP contribution is 2.25. The number of rotatable bonds is 7. The second-order valence-corrected chi connectivity index (χ2v) is 8.25. The number of carbonyl (C=O) groups is 3. The van der Waals surface area contributed by atoms with Crippen LogP contribution in [0.1, 0.15) is 58.9 Å². The molecular formula is C22H32N2O5. The Balaban J connectivity index is 2.13. The molecule has 1 unspecified atom stereocenters. The highest BCUT2D eigenvalue weighted by Gasteiger charge is 2.42. The number of carbonyl (C=O) groups excluding carboxylic acids is 3. The van der Waals surface area contributed by atoms with Gasteiger partial charge in [0.15, 0.2) is 6.10 Å². The van der Waals surface area contributed by atoms with Crippen LogP contribution in [0.5, 0.6) is 0 Å². The van der Waals surface area contributed by atoms with Crippen LogP contribution in [0.3, 0.4) is 0 Å². The summed E-state index contributed by atoms with van der Waals surface area (Å²) in [5.41, 5.74) is 0.295. The summed E-state index contributed by atoms with van der Waals surface area (Å²) in [6.45, 7) is 8.03. The quantitative estimate of drug-likeness (QED) is 0.704. The van der Waals surface area contributed by atoms with Crippen molar-refractivity contribution in [3.63, 3.8) is 0 Å². The van der Waals surface area contributed by atoms with Crippen molar-refractivity contribution in [3.05, 3.63) is 35.9 Å². The van der Waals surface area contributed by atoms with Crippen LogP contribution in [0.15, 0.2) is 30.3 Å². The molecule has 1 aromatic carbocycles. The van der Waals surface area contributed by atoms with Crippen LogP contribution in [0.2, 0.25) is 0 Å². The number of amides is 2. The molecule has 0 aliphatic carbocycles. The average molecular weight is 405 g/mol. The minimum atomic E-state index is -1.06. The first-order valence-corrected chi connectivity index (χ1v) is 10.2. The molecule has 0 radical (unpaired) electrons. The third-order valence-electron chi connectivity index (χ3n) is 4.56. The van der Waals surface area contributed by atoms with E-state index in [1.165, 1.54) is 4.90 Å². The van der Waals surface area contributed by atoms with Gasteiger partial charge >= 0.3 is 12.1 Å². The predicted molar refractivity (Wildman–Crippen MR) is 109 cm³/mol. The van der Waals surface area contributed by atoms with E-state index in [1.54, 1.807) is 20.8 Å². The fourth-order valence-electron chi connectivity index (χ4n) is 3.25. The maximum Gasteiger partial charge on any atom is 0.410 e. The zero-order valence-corrected chi connectivity index (χ0v) is 17.8. The first-order chi connectivity index (χ1) is 13.7. The number of hydrogen-bond acceptors (Lipinski definition) is 5. The molecular weight excluding hydrogens is 372 g/mol. The molecule has 1 saturated heterocycles. The van der Waals surface area contributed by atoms with Gasteiger partial charge in [-0.15, -0.1) is 0 Å². The fourth-order valence-corrected chi connectivity index (χ4v) is 3.25. The van der Waals surface area contributed by atoms with Crippen LogP contribution < -0.4 is 5.32 Å². The van der Waals surface area contributed by atoms with Crippen molar-refractivity contribution >= 4 is 18.0 Å². The standard InChI is InChI=1S/C22H32N2O5/c1-5-10-18(25)28-19(20(26)23-15-16-11-7-6-8-12-16)17-13-9-14-24(17)21(27)29-22(2,3)4/h6-8,11-12,17,19H,5,9-10,13-15H2,1-4H3,(H,23,26)/t17-,19?/m0/s1. The Morgan fingerprint density at radius 1 is 1.21 bits per heavy atom. The van der Waals surface area contributed by atoms with Crippen molar-refractivity contribution in [2.45, 2.75) is 77.7 Å². The molecule has 7 heteroatoms. The molecule has 2 amide bonds.